The summed E-state index contributed by atoms with van der Waals surface area (Å²) in [6.45, 7) is 0. The second kappa shape index (κ2) is 3.71. The highest BCUT2D eigenvalue weighted by atomic mass is 32.2. The molecule has 0 aromatic carbocycles. The molecule has 5 heteroatoms. The number of thioether (sulfide) groups is 1. The molecular weight excluding hydrogens is 238 g/mol. The van der Waals surface area contributed by atoms with Crippen LogP contribution in [-0.2, 0) is 15.1 Å². The van der Waals surface area contributed by atoms with Crippen LogP contribution >= 0.6 is 11.8 Å². The Bertz CT molecular complexity index is 475. The van der Waals surface area contributed by atoms with Crippen molar-refractivity contribution in [1.29, 1.82) is 0 Å². The van der Waals surface area contributed by atoms with Gasteiger partial charge in [-0.05, 0) is 24.8 Å². The normalized spacial score (nSPS) is 31.1. The second-order valence-corrected chi connectivity index (χ2v) is 5.57. The van der Waals surface area contributed by atoms with E-state index in [2.05, 4.69) is 4.98 Å². The Balaban J connectivity index is 2.08. The van der Waals surface area contributed by atoms with Crippen molar-refractivity contribution in [3.05, 3.63) is 23.9 Å². The van der Waals surface area contributed by atoms with Gasteiger partial charge in [0.25, 0.3) is 0 Å². The van der Waals surface area contributed by atoms with Crippen molar-refractivity contribution in [2.24, 2.45) is 5.92 Å². The van der Waals surface area contributed by atoms with Gasteiger partial charge < -0.3 is 9.84 Å². The standard InChI is InChI=1S/C12H13NO3S/c1-16-11(14)9-12(15,7-4-5-7)8-3-2-6-13-10(8)17-9/h2-3,6-7,9,15H,4-5H2,1H3. The van der Waals surface area contributed by atoms with E-state index in [0.29, 0.717) is 0 Å². The van der Waals surface area contributed by atoms with Crippen molar-refractivity contribution in [1.82, 2.24) is 4.98 Å². The molecule has 3 rings (SSSR count). The van der Waals surface area contributed by atoms with E-state index >= 15 is 0 Å². The molecule has 2 atom stereocenters. The zero-order chi connectivity index (χ0) is 12.0. The molecule has 1 aliphatic heterocycles. The van der Waals surface area contributed by atoms with E-state index in [0.717, 1.165) is 23.4 Å². The maximum absolute atomic E-state index is 11.8. The number of aliphatic hydroxyl groups is 1. The van der Waals surface area contributed by atoms with Gasteiger partial charge in [-0.25, -0.2) is 4.98 Å². The van der Waals surface area contributed by atoms with Crippen molar-refractivity contribution < 1.29 is 14.6 Å². The summed E-state index contributed by atoms with van der Waals surface area (Å²) in [4.78, 5) is 16.0. The van der Waals surface area contributed by atoms with E-state index < -0.39 is 10.9 Å². The monoisotopic (exact) mass is 251 g/mol. The summed E-state index contributed by atoms with van der Waals surface area (Å²) in [7, 11) is 1.35. The van der Waals surface area contributed by atoms with Gasteiger partial charge >= 0.3 is 5.97 Å². The molecule has 1 fully saturated rings. The molecule has 2 unspecified atom stereocenters. The predicted molar refractivity (Wildman–Crippen MR) is 62.5 cm³/mol. The molecule has 0 bridgehead atoms. The van der Waals surface area contributed by atoms with Crippen LogP contribution in [-0.4, -0.2) is 28.4 Å². The van der Waals surface area contributed by atoms with Crippen LogP contribution in [0.4, 0.5) is 0 Å². The Morgan fingerprint density at radius 1 is 1.65 bits per heavy atom. The van der Waals surface area contributed by atoms with Crippen molar-refractivity contribution in [3.63, 3.8) is 0 Å². The van der Waals surface area contributed by atoms with Gasteiger partial charge in [0.15, 0.2) is 0 Å². The number of nitrogens with zero attached hydrogens (tertiary/aromatic N) is 1. The first-order chi connectivity index (χ1) is 8.17. The lowest BCUT2D eigenvalue weighted by Crippen LogP contribution is -2.41. The number of esters is 1. The van der Waals surface area contributed by atoms with E-state index in [-0.39, 0.29) is 11.9 Å². The summed E-state index contributed by atoms with van der Waals surface area (Å²) in [5.74, 6) is -0.216. The summed E-state index contributed by atoms with van der Waals surface area (Å²) in [5.41, 5.74) is -0.315. The number of hydrogen-bond acceptors (Lipinski definition) is 5. The zero-order valence-corrected chi connectivity index (χ0v) is 10.2. The molecule has 1 saturated carbocycles. The summed E-state index contributed by atoms with van der Waals surface area (Å²) in [6, 6.07) is 3.66. The molecule has 90 valence electrons. The molecule has 17 heavy (non-hydrogen) atoms. The van der Waals surface area contributed by atoms with Gasteiger partial charge in [0.05, 0.1) is 7.11 Å². The number of rotatable bonds is 2. The lowest BCUT2D eigenvalue weighted by atomic mass is 9.86. The van der Waals surface area contributed by atoms with Crippen LogP contribution in [0.2, 0.25) is 0 Å². The van der Waals surface area contributed by atoms with Crippen molar-refractivity contribution in [3.8, 4) is 0 Å². The molecular formula is C12H13NO3S. The van der Waals surface area contributed by atoms with Crippen LogP contribution in [0.25, 0.3) is 0 Å². The van der Waals surface area contributed by atoms with E-state index in [1.807, 2.05) is 6.07 Å². The number of ether oxygens (including phenoxy) is 1. The average Bonchev–Trinajstić information content (AvgIpc) is 3.16. The number of carbonyl (C=O) groups excluding carboxylic acids is 1. The lowest BCUT2D eigenvalue weighted by Gasteiger charge is -2.28. The Kier molecular flexibility index (Phi) is 2.41. The van der Waals surface area contributed by atoms with Gasteiger partial charge in [0.2, 0.25) is 0 Å². The van der Waals surface area contributed by atoms with Crippen LogP contribution in [0.15, 0.2) is 23.4 Å². The summed E-state index contributed by atoms with van der Waals surface area (Å²) in [5, 5.41) is 11.1. The maximum atomic E-state index is 11.8. The van der Waals surface area contributed by atoms with E-state index in [1.165, 1.54) is 18.9 Å². The van der Waals surface area contributed by atoms with Gasteiger partial charge in [-0.2, -0.15) is 0 Å². The fraction of sp³-hybridized carbons (Fsp3) is 0.500. The Morgan fingerprint density at radius 2 is 2.41 bits per heavy atom. The minimum absolute atomic E-state index is 0.157. The fourth-order valence-corrected chi connectivity index (χ4v) is 3.82. The lowest BCUT2D eigenvalue weighted by molar-refractivity contribution is -0.146. The molecule has 0 spiro atoms. The van der Waals surface area contributed by atoms with Crippen LogP contribution in [0.1, 0.15) is 18.4 Å². The Hall–Kier alpha value is -1.07. The molecule has 0 amide bonds. The van der Waals surface area contributed by atoms with Crippen LogP contribution < -0.4 is 0 Å². The van der Waals surface area contributed by atoms with Gasteiger partial charge in [0.1, 0.15) is 15.9 Å². The highest BCUT2D eigenvalue weighted by Gasteiger charge is 2.59. The molecule has 1 aromatic rings. The Labute approximate surface area is 103 Å². The molecule has 0 radical (unpaired) electrons. The predicted octanol–water partition coefficient (Wildman–Crippen LogP) is 1.33. The topological polar surface area (TPSA) is 59.4 Å². The zero-order valence-electron chi connectivity index (χ0n) is 9.42. The number of fused-ring (bicyclic) bond motifs is 1. The van der Waals surface area contributed by atoms with Crippen molar-refractivity contribution >= 4 is 17.7 Å². The average molecular weight is 251 g/mol. The molecule has 1 aromatic heterocycles. The first-order valence-electron chi connectivity index (χ1n) is 5.60. The van der Waals surface area contributed by atoms with Gasteiger partial charge in [-0.15, -0.1) is 0 Å². The third kappa shape index (κ3) is 1.49. The van der Waals surface area contributed by atoms with E-state index in [4.69, 9.17) is 4.74 Å². The molecule has 1 N–H and O–H groups in total. The minimum atomic E-state index is -1.10. The minimum Gasteiger partial charge on any atom is -0.468 e. The number of aromatic nitrogens is 1. The number of hydrogen-bond donors (Lipinski definition) is 1. The fourth-order valence-electron chi connectivity index (χ4n) is 2.42. The van der Waals surface area contributed by atoms with Gasteiger partial charge in [-0.1, -0.05) is 17.8 Å². The van der Waals surface area contributed by atoms with E-state index in [9.17, 15) is 9.90 Å². The smallest absolute Gasteiger partial charge is 0.322 e. The number of methoxy groups -OCH3 is 1. The molecule has 0 saturated heterocycles. The third-order valence-corrected chi connectivity index (χ3v) is 4.78. The van der Waals surface area contributed by atoms with Gasteiger partial charge in [0, 0.05) is 11.8 Å². The first-order valence-corrected chi connectivity index (χ1v) is 6.48. The summed E-state index contributed by atoms with van der Waals surface area (Å²) in [6.07, 6.45) is 3.59. The second-order valence-electron chi connectivity index (χ2n) is 4.48. The van der Waals surface area contributed by atoms with Crippen molar-refractivity contribution in [2.45, 2.75) is 28.7 Å². The highest BCUT2D eigenvalue weighted by molar-refractivity contribution is 8.01. The third-order valence-electron chi connectivity index (χ3n) is 3.45. The van der Waals surface area contributed by atoms with Crippen LogP contribution in [0.3, 0.4) is 0 Å². The quantitative estimate of drug-likeness (QED) is 0.803. The molecule has 2 heterocycles. The van der Waals surface area contributed by atoms with Crippen LogP contribution in [0.5, 0.6) is 0 Å². The molecule has 2 aliphatic rings. The largest absolute Gasteiger partial charge is 0.468 e. The summed E-state index contributed by atoms with van der Waals surface area (Å²) < 4.78 is 4.79. The van der Waals surface area contributed by atoms with Crippen molar-refractivity contribution in [2.75, 3.05) is 7.11 Å². The van der Waals surface area contributed by atoms with Crippen LogP contribution in [0, 0.1) is 5.92 Å². The summed E-state index contributed by atoms with van der Waals surface area (Å²) >= 11 is 1.31. The number of carbonyl (C=O) groups is 1. The maximum Gasteiger partial charge on any atom is 0.322 e. The molecule has 1 aliphatic carbocycles. The van der Waals surface area contributed by atoms with E-state index in [1.54, 1.807) is 12.3 Å². The number of pyridine rings is 1. The SMILES string of the molecule is COC(=O)C1Sc2ncccc2C1(O)C1CC1. The first kappa shape index (κ1) is 11.0. The highest BCUT2D eigenvalue weighted by Crippen LogP contribution is 2.57. The Morgan fingerprint density at radius 3 is 3.06 bits per heavy atom. The molecule has 4 nitrogen and oxygen atoms in total. The van der Waals surface area contributed by atoms with Gasteiger partial charge in [-0.3, -0.25) is 4.79 Å².